The lowest BCUT2D eigenvalue weighted by atomic mass is 9.73. The smallest absolute Gasteiger partial charge is 0.123 e. The van der Waals surface area contributed by atoms with Gasteiger partial charge in [0, 0.05) is 0 Å². The number of benzene rings is 1. The molecule has 2 rings (SSSR count). The van der Waals surface area contributed by atoms with Crippen molar-refractivity contribution in [3.05, 3.63) is 35.6 Å². The zero-order chi connectivity index (χ0) is 12.3. The monoisotopic (exact) mass is 236 g/mol. The van der Waals surface area contributed by atoms with Crippen molar-refractivity contribution in [2.24, 2.45) is 11.8 Å². The number of aliphatic hydroxyl groups excluding tert-OH is 1. The summed E-state index contributed by atoms with van der Waals surface area (Å²) in [6, 6.07) is 6.29. The highest BCUT2D eigenvalue weighted by atomic mass is 19.1. The first-order chi connectivity index (χ1) is 8.22. The molecule has 1 N–H and O–H groups in total. The van der Waals surface area contributed by atoms with Crippen LogP contribution in [-0.2, 0) is 0 Å². The van der Waals surface area contributed by atoms with Crippen molar-refractivity contribution in [1.29, 1.82) is 0 Å². The van der Waals surface area contributed by atoms with Crippen LogP contribution in [0.15, 0.2) is 24.3 Å². The molecule has 1 aromatic carbocycles. The fourth-order valence-electron chi connectivity index (χ4n) is 3.07. The third-order valence-electron chi connectivity index (χ3n) is 4.11. The first-order valence-electron chi connectivity index (χ1n) is 6.66. The number of hydrogen-bond donors (Lipinski definition) is 1. The van der Waals surface area contributed by atoms with Crippen LogP contribution in [0.4, 0.5) is 4.39 Å². The van der Waals surface area contributed by atoms with Gasteiger partial charge in [-0.3, -0.25) is 0 Å². The van der Waals surface area contributed by atoms with Gasteiger partial charge in [0.15, 0.2) is 0 Å². The fraction of sp³-hybridized carbons (Fsp3) is 0.600. The summed E-state index contributed by atoms with van der Waals surface area (Å²) in [5, 5.41) is 10.4. The summed E-state index contributed by atoms with van der Waals surface area (Å²) in [6.07, 6.45) is 5.50. The van der Waals surface area contributed by atoms with Crippen LogP contribution in [0.25, 0.3) is 0 Å². The zero-order valence-corrected chi connectivity index (χ0v) is 10.4. The average molecular weight is 236 g/mol. The SMILES string of the molecule is CCC1CCCCC1C(O)c1ccc(F)cc1. The van der Waals surface area contributed by atoms with E-state index in [4.69, 9.17) is 0 Å². The summed E-state index contributed by atoms with van der Waals surface area (Å²) in [5.41, 5.74) is 0.858. The molecule has 0 radical (unpaired) electrons. The lowest BCUT2D eigenvalue weighted by Crippen LogP contribution is -2.25. The Balaban J connectivity index is 2.12. The van der Waals surface area contributed by atoms with E-state index in [-0.39, 0.29) is 5.82 Å². The second kappa shape index (κ2) is 5.63. The lowest BCUT2D eigenvalue weighted by Gasteiger charge is -2.34. The predicted octanol–water partition coefficient (Wildman–Crippen LogP) is 4.08. The van der Waals surface area contributed by atoms with Crippen molar-refractivity contribution >= 4 is 0 Å². The Morgan fingerprint density at radius 1 is 1.24 bits per heavy atom. The molecule has 3 atom stereocenters. The molecule has 1 aliphatic carbocycles. The van der Waals surface area contributed by atoms with Gasteiger partial charge in [0.2, 0.25) is 0 Å². The molecule has 0 amide bonds. The highest BCUT2D eigenvalue weighted by Crippen LogP contribution is 2.40. The van der Waals surface area contributed by atoms with Gasteiger partial charge in [0.05, 0.1) is 6.10 Å². The molecule has 0 aliphatic heterocycles. The average Bonchev–Trinajstić information content (AvgIpc) is 2.39. The van der Waals surface area contributed by atoms with Crippen LogP contribution in [0.5, 0.6) is 0 Å². The summed E-state index contributed by atoms with van der Waals surface area (Å²) in [7, 11) is 0. The second-order valence-electron chi connectivity index (χ2n) is 5.11. The number of aliphatic hydroxyl groups is 1. The Kier molecular flexibility index (Phi) is 4.16. The van der Waals surface area contributed by atoms with Crippen molar-refractivity contribution in [3.8, 4) is 0 Å². The van der Waals surface area contributed by atoms with Crippen LogP contribution in [0.1, 0.15) is 50.7 Å². The first-order valence-corrected chi connectivity index (χ1v) is 6.66. The maximum Gasteiger partial charge on any atom is 0.123 e. The third-order valence-corrected chi connectivity index (χ3v) is 4.11. The Labute approximate surface area is 103 Å². The summed E-state index contributed by atoms with van der Waals surface area (Å²) >= 11 is 0. The van der Waals surface area contributed by atoms with Gasteiger partial charge < -0.3 is 5.11 Å². The van der Waals surface area contributed by atoms with Crippen molar-refractivity contribution in [1.82, 2.24) is 0 Å². The summed E-state index contributed by atoms with van der Waals surface area (Å²) in [4.78, 5) is 0. The van der Waals surface area contributed by atoms with Crippen molar-refractivity contribution in [3.63, 3.8) is 0 Å². The molecule has 1 nitrogen and oxygen atoms in total. The molecular weight excluding hydrogens is 215 g/mol. The molecule has 1 aromatic rings. The fourth-order valence-corrected chi connectivity index (χ4v) is 3.07. The molecular formula is C15H21FO. The van der Waals surface area contributed by atoms with E-state index in [1.165, 1.54) is 31.4 Å². The second-order valence-corrected chi connectivity index (χ2v) is 5.11. The lowest BCUT2D eigenvalue weighted by molar-refractivity contribution is 0.0451. The number of halogens is 1. The van der Waals surface area contributed by atoms with Crippen molar-refractivity contribution in [2.75, 3.05) is 0 Å². The van der Waals surface area contributed by atoms with Crippen LogP contribution in [0.2, 0.25) is 0 Å². The highest BCUT2D eigenvalue weighted by Gasteiger charge is 2.30. The Bertz CT molecular complexity index is 346. The van der Waals surface area contributed by atoms with Gasteiger partial charge in [-0.1, -0.05) is 44.7 Å². The van der Waals surface area contributed by atoms with Gasteiger partial charge >= 0.3 is 0 Å². The number of rotatable bonds is 3. The third kappa shape index (κ3) is 2.86. The molecule has 94 valence electrons. The van der Waals surface area contributed by atoms with Gasteiger partial charge in [-0.05, 0) is 36.0 Å². The minimum Gasteiger partial charge on any atom is -0.388 e. The molecule has 0 aromatic heterocycles. The van der Waals surface area contributed by atoms with E-state index in [1.807, 2.05) is 0 Å². The molecule has 1 aliphatic rings. The number of hydrogen-bond acceptors (Lipinski definition) is 1. The first kappa shape index (κ1) is 12.6. The molecule has 3 unspecified atom stereocenters. The van der Waals surface area contributed by atoms with E-state index in [0.717, 1.165) is 18.4 Å². The maximum absolute atomic E-state index is 12.9. The maximum atomic E-state index is 12.9. The molecule has 0 saturated heterocycles. The zero-order valence-electron chi connectivity index (χ0n) is 10.4. The predicted molar refractivity (Wildman–Crippen MR) is 67.1 cm³/mol. The molecule has 1 fully saturated rings. The minimum atomic E-state index is -0.430. The minimum absolute atomic E-state index is 0.239. The van der Waals surface area contributed by atoms with Crippen molar-refractivity contribution < 1.29 is 9.50 Å². The molecule has 0 spiro atoms. The Morgan fingerprint density at radius 2 is 1.88 bits per heavy atom. The van der Waals surface area contributed by atoms with E-state index in [2.05, 4.69) is 6.92 Å². The van der Waals surface area contributed by atoms with E-state index in [0.29, 0.717) is 11.8 Å². The largest absolute Gasteiger partial charge is 0.388 e. The summed E-state index contributed by atoms with van der Waals surface area (Å²) in [5.74, 6) is 0.722. The summed E-state index contributed by atoms with van der Waals surface area (Å²) in [6.45, 7) is 2.19. The highest BCUT2D eigenvalue weighted by molar-refractivity contribution is 5.19. The Hall–Kier alpha value is -0.890. The van der Waals surface area contributed by atoms with Crippen LogP contribution < -0.4 is 0 Å². The van der Waals surface area contributed by atoms with Crippen LogP contribution in [0.3, 0.4) is 0 Å². The van der Waals surface area contributed by atoms with Gasteiger partial charge in [0.25, 0.3) is 0 Å². The van der Waals surface area contributed by atoms with E-state index in [9.17, 15) is 9.50 Å². The van der Waals surface area contributed by atoms with Crippen molar-refractivity contribution in [2.45, 2.75) is 45.1 Å². The van der Waals surface area contributed by atoms with E-state index in [1.54, 1.807) is 12.1 Å². The van der Waals surface area contributed by atoms with Crippen LogP contribution in [-0.4, -0.2) is 5.11 Å². The van der Waals surface area contributed by atoms with Gasteiger partial charge in [-0.25, -0.2) is 4.39 Å². The van der Waals surface area contributed by atoms with Crippen LogP contribution >= 0.6 is 0 Å². The summed E-state index contributed by atoms with van der Waals surface area (Å²) < 4.78 is 12.9. The molecule has 0 bridgehead atoms. The standard InChI is InChI=1S/C15H21FO/c1-2-11-5-3-4-6-14(11)15(17)12-7-9-13(16)10-8-12/h7-11,14-15,17H,2-6H2,1H3. The van der Waals surface area contributed by atoms with Gasteiger partial charge in [0.1, 0.15) is 5.82 Å². The Morgan fingerprint density at radius 3 is 2.53 bits per heavy atom. The van der Waals surface area contributed by atoms with Gasteiger partial charge in [-0.15, -0.1) is 0 Å². The van der Waals surface area contributed by atoms with E-state index < -0.39 is 6.10 Å². The molecule has 17 heavy (non-hydrogen) atoms. The molecule has 0 heterocycles. The van der Waals surface area contributed by atoms with Crippen LogP contribution in [0, 0.1) is 17.7 Å². The normalized spacial score (nSPS) is 26.8. The quantitative estimate of drug-likeness (QED) is 0.838. The van der Waals surface area contributed by atoms with Gasteiger partial charge in [-0.2, -0.15) is 0 Å². The topological polar surface area (TPSA) is 20.2 Å². The van der Waals surface area contributed by atoms with E-state index >= 15 is 0 Å². The molecule has 2 heteroatoms. The molecule has 1 saturated carbocycles.